The van der Waals surface area contributed by atoms with Gasteiger partial charge in [-0.1, -0.05) is 13.2 Å². The smallest absolute Gasteiger partial charge is 0.325 e. The fourth-order valence-electron chi connectivity index (χ4n) is 1.24. The molecular weight excluding hydrogens is 204 g/mol. The van der Waals surface area contributed by atoms with E-state index in [0.717, 1.165) is 11.3 Å². The van der Waals surface area contributed by atoms with Gasteiger partial charge in [0.15, 0.2) is 0 Å². The molecule has 4 heteroatoms. The summed E-state index contributed by atoms with van der Waals surface area (Å²) in [5, 5.41) is 5.86. The summed E-state index contributed by atoms with van der Waals surface area (Å²) in [6.45, 7) is 9.94. The van der Waals surface area contributed by atoms with Crippen molar-refractivity contribution in [2.75, 3.05) is 13.2 Å². The molecule has 0 spiro atoms. The fourth-order valence-corrected chi connectivity index (χ4v) is 1.24. The Labute approximate surface area is 95.4 Å². The van der Waals surface area contributed by atoms with E-state index in [4.69, 9.17) is 4.74 Å². The average molecular weight is 220 g/mol. The lowest BCUT2D eigenvalue weighted by Gasteiger charge is -2.17. The summed E-state index contributed by atoms with van der Waals surface area (Å²) in [5.41, 5.74) is 2.26. The number of carbonyl (C=O) groups is 1. The van der Waals surface area contributed by atoms with Crippen LogP contribution < -0.4 is 10.6 Å². The summed E-state index contributed by atoms with van der Waals surface area (Å²) >= 11 is 0. The third kappa shape index (κ3) is 3.31. The number of hydrogen-bond donors (Lipinski definition) is 2. The maximum absolute atomic E-state index is 11.1. The molecule has 0 amide bonds. The maximum Gasteiger partial charge on any atom is 0.325 e. The van der Waals surface area contributed by atoms with Gasteiger partial charge in [0.1, 0.15) is 6.54 Å². The Morgan fingerprint density at radius 1 is 1.62 bits per heavy atom. The molecule has 0 aromatic carbocycles. The van der Waals surface area contributed by atoms with Crippen LogP contribution in [0, 0.1) is 0 Å². The molecule has 2 N–H and O–H groups in total. The molecule has 0 bridgehead atoms. The molecule has 0 unspecified atom stereocenters. The van der Waals surface area contributed by atoms with Crippen LogP contribution in [0.25, 0.3) is 0 Å². The fraction of sp³-hybridized carbons (Fsp3) is 0.250. The van der Waals surface area contributed by atoms with Crippen LogP contribution in [0.1, 0.15) is 6.92 Å². The van der Waals surface area contributed by atoms with Gasteiger partial charge in [-0.15, -0.1) is 0 Å². The first-order valence-corrected chi connectivity index (χ1v) is 5.06. The molecule has 0 fully saturated rings. The number of dihydropyridines is 1. The molecule has 4 nitrogen and oxygen atoms in total. The highest BCUT2D eigenvalue weighted by Crippen LogP contribution is 2.15. The number of hydrogen-bond acceptors (Lipinski definition) is 4. The minimum atomic E-state index is -0.297. The van der Waals surface area contributed by atoms with E-state index < -0.39 is 0 Å². The van der Waals surface area contributed by atoms with Crippen molar-refractivity contribution in [3.63, 3.8) is 0 Å². The van der Waals surface area contributed by atoms with Gasteiger partial charge in [-0.3, -0.25) is 4.79 Å². The molecule has 0 saturated carbocycles. The molecular formula is C12H16N2O2. The first-order chi connectivity index (χ1) is 7.65. The zero-order valence-electron chi connectivity index (χ0n) is 9.38. The molecule has 86 valence electrons. The van der Waals surface area contributed by atoms with Gasteiger partial charge in [0.25, 0.3) is 0 Å². The van der Waals surface area contributed by atoms with Crippen molar-refractivity contribution in [2.45, 2.75) is 6.92 Å². The van der Waals surface area contributed by atoms with E-state index in [1.165, 1.54) is 0 Å². The Bertz CT molecular complexity index is 367. The predicted molar refractivity (Wildman–Crippen MR) is 63.3 cm³/mol. The van der Waals surface area contributed by atoms with E-state index in [9.17, 15) is 4.79 Å². The summed E-state index contributed by atoms with van der Waals surface area (Å²) in [6.07, 6.45) is 5.50. The van der Waals surface area contributed by atoms with Crippen LogP contribution in [-0.2, 0) is 9.53 Å². The van der Waals surface area contributed by atoms with E-state index in [1.54, 1.807) is 13.1 Å². The van der Waals surface area contributed by atoms with Gasteiger partial charge < -0.3 is 15.4 Å². The van der Waals surface area contributed by atoms with Crippen LogP contribution in [0.4, 0.5) is 0 Å². The van der Waals surface area contributed by atoms with E-state index >= 15 is 0 Å². The number of allylic oxidation sites excluding steroid dienone is 2. The zero-order chi connectivity index (χ0) is 12.0. The number of rotatable bonds is 5. The molecule has 0 aliphatic carbocycles. The van der Waals surface area contributed by atoms with E-state index in [-0.39, 0.29) is 12.5 Å². The van der Waals surface area contributed by atoms with Crippen LogP contribution in [0.2, 0.25) is 0 Å². The first-order valence-electron chi connectivity index (χ1n) is 5.06. The van der Waals surface area contributed by atoms with Gasteiger partial charge in [0.2, 0.25) is 0 Å². The van der Waals surface area contributed by atoms with Gasteiger partial charge in [-0.25, -0.2) is 0 Å². The highest BCUT2D eigenvalue weighted by Gasteiger charge is 2.09. The van der Waals surface area contributed by atoms with E-state index in [1.807, 2.05) is 12.2 Å². The standard InChI is InChI=1S/C12H16N2O2/c1-4-16-12(15)8-14-10(3)11-6-5-7-13-9(11)2/h5-7,13-14H,2-4,8H2,1H3. The van der Waals surface area contributed by atoms with Crippen LogP contribution in [-0.4, -0.2) is 19.1 Å². The van der Waals surface area contributed by atoms with Gasteiger partial charge in [0.05, 0.1) is 6.61 Å². The Hall–Kier alpha value is -1.97. The third-order valence-electron chi connectivity index (χ3n) is 2.02. The lowest BCUT2D eigenvalue weighted by atomic mass is 10.1. The van der Waals surface area contributed by atoms with Crippen molar-refractivity contribution in [1.29, 1.82) is 0 Å². The van der Waals surface area contributed by atoms with Gasteiger partial charge >= 0.3 is 5.97 Å². The van der Waals surface area contributed by atoms with E-state index in [2.05, 4.69) is 23.8 Å². The summed E-state index contributed by atoms with van der Waals surface area (Å²) in [5.74, 6) is -0.297. The van der Waals surface area contributed by atoms with Crippen LogP contribution >= 0.6 is 0 Å². The normalized spacial score (nSPS) is 13.8. The first kappa shape index (κ1) is 12.1. The average Bonchev–Trinajstić information content (AvgIpc) is 2.27. The van der Waals surface area contributed by atoms with Crippen LogP contribution in [0.3, 0.4) is 0 Å². The molecule has 0 radical (unpaired) electrons. The maximum atomic E-state index is 11.1. The van der Waals surface area contributed by atoms with Crippen molar-refractivity contribution < 1.29 is 9.53 Å². The Morgan fingerprint density at radius 2 is 2.38 bits per heavy atom. The van der Waals surface area contributed by atoms with Crippen molar-refractivity contribution in [3.8, 4) is 0 Å². The van der Waals surface area contributed by atoms with Crippen LogP contribution in [0.15, 0.2) is 48.5 Å². The van der Waals surface area contributed by atoms with Crippen molar-refractivity contribution in [3.05, 3.63) is 48.5 Å². The quantitative estimate of drug-likeness (QED) is 0.684. The second kappa shape index (κ2) is 5.80. The van der Waals surface area contributed by atoms with Gasteiger partial charge in [0, 0.05) is 23.2 Å². The van der Waals surface area contributed by atoms with Crippen molar-refractivity contribution in [1.82, 2.24) is 10.6 Å². The number of ether oxygens (including phenoxy) is 1. The summed E-state index contributed by atoms with van der Waals surface area (Å²) in [4.78, 5) is 11.1. The minimum Gasteiger partial charge on any atom is -0.465 e. The molecule has 1 aliphatic heterocycles. The highest BCUT2D eigenvalue weighted by molar-refractivity contribution is 5.72. The molecule has 0 atom stereocenters. The Balaban J connectivity index is 2.46. The highest BCUT2D eigenvalue weighted by atomic mass is 16.5. The molecule has 0 saturated heterocycles. The monoisotopic (exact) mass is 220 g/mol. The largest absolute Gasteiger partial charge is 0.465 e. The topological polar surface area (TPSA) is 50.4 Å². The zero-order valence-corrected chi connectivity index (χ0v) is 9.38. The second-order valence-corrected chi connectivity index (χ2v) is 3.20. The minimum absolute atomic E-state index is 0.112. The molecule has 0 aromatic rings. The molecule has 1 rings (SSSR count). The molecule has 0 aromatic heterocycles. The Kier molecular flexibility index (Phi) is 4.39. The second-order valence-electron chi connectivity index (χ2n) is 3.20. The summed E-state index contributed by atoms with van der Waals surface area (Å²) in [7, 11) is 0. The molecule has 1 heterocycles. The lowest BCUT2D eigenvalue weighted by Crippen LogP contribution is -2.26. The number of carbonyl (C=O) groups excluding carboxylic acids is 1. The van der Waals surface area contributed by atoms with Crippen molar-refractivity contribution >= 4 is 5.97 Å². The van der Waals surface area contributed by atoms with Gasteiger partial charge in [-0.2, -0.15) is 0 Å². The van der Waals surface area contributed by atoms with Gasteiger partial charge in [-0.05, 0) is 19.1 Å². The third-order valence-corrected chi connectivity index (χ3v) is 2.02. The van der Waals surface area contributed by atoms with Crippen LogP contribution in [0.5, 0.6) is 0 Å². The number of nitrogens with one attached hydrogen (secondary N) is 2. The van der Waals surface area contributed by atoms with Crippen molar-refractivity contribution in [2.24, 2.45) is 0 Å². The molecule has 16 heavy (non-hydrogen) atoms. The lowest BCUT2D eigenvalue weighted by molar-refractivity contribution is -0.141. The predicted octanol–water partition coefficient (Wildman–Crippen LogP) is 1.21. The van der Waals surface area contributed by atoms with E-state index in [0.29, 0.717) is 12.3 Å². The Morgan fingerprint density at radius 3 is 3.00 bits per heavy atom. The SMILES string of the molecule is C=C1NC=CC=C1C(=C)NCC(=O)OCC. The molecule has 1 aliphatic rings. The summed E-state index contributed by atoms with van der Waals surface area (Å²) < 4.78 is 4.79. The summed E-state index contributed by atoms with van der Waals surface area (Å²) in [6, 6.07) is 0. The number of esters is 1.